The van der Waals surface area contributed by atoms with Gasteiger partial charge in [-0.1, -0.05) is 34.1 Å². The molecule has 1 aromatic carbocycles. The largest absolute Gasteiger partial charge is 0.294 e. The molecule has 0 aliphatic carbocycles. The number of halogens is 1. The van der Waals surface area contributed by atoms with E-state index in [4.69, 9.17) is 0 Å². The number of rotatable bonds is 3. The van der Waals surface area contributed by atoms with Gasteiger partial charge >= 0.3 is 0 Å². The summed E-state index contributed by atoms with van der Waals surface area (Å²) < 4.78 is 1.06. The van der Waals surface area contributed by atoms with E-state index in [-0.39, 0.29) is 5.78 Å². The third-order valence-electron chi connectivity index (χ3n) is 2.44. The zero-order valence-electron chi connectivity index (χ0n) is 9.66. The molecule has 0 bridgehead atoms. The highest BCUT2D eigenvalue weighted by atomic mass is 79.9. The number of carbonyl (C=O) groups is 1. The lowest BCUT2D eigenvalue weighted by Gasteiger charge is -2.03. The lowest BCUT2D eigenvalue weighted by Crippen LogP contribution is -1.98. The molecule has 0 aliphatic rings. The molecule has 0 radical (unpaired) electrons. The summed E-state index contributed by atoms with van der Waals surface area (Å²) in [7, 11) is 0. The van der Waals surface area contributed by atoms with Crippen molar-refractivity contribution in [1.82, 2.24) is 4.98 Å². The summed E-state index contributed by atoms with van der Waals surface area (Å²) in [4.78, 5) is 16.7. The molecule has 0 fully saturated rings. The zero-order chi connectivity index (χ0) is 12.4. The number of nitrogens with zero attached hydrogens (tertiary/aromatic N) is 1. The number of aryl methyl sites for hydroxylation is 1. The molecule has 0 aliphatic heterocycles. The standard InChI is InChI=1S/C13H12BrNOS/c1-8(16)13-12(15-9(2)17-13)7-10-5-3-4-6-11(10)14/h3-6H,7H2,1-2H3. The first-order valence-corrected chi connectivity index (χ1v) is 6.89. The fourth-order valence-corrected chi connectivity index (χ4v) is 2.94. The first-order valence-electron chi connectivity index (χ1n) is 5.28. The number of hydrogen-bond acceptors (Lipinski definition) is 3. The molecule has 4 heteroatoms. The molecule has 0 saturated carbocycles. The number of benzene rings is 1. The predicted molar refractivity (Wildman–Crippen MR) is 73.8 cm³/mol. The van der Waals surface area contributed by atoms with E-state index in [9.17, 15) is 4.79 Å². The highest BCUT2D eigenvalue weighted by Crippen LogP contribution is 2.24. The van der Waals surface area contributed by atoms with Gasteiger partial charge in [-0.25, -0.2) is 4.98 Å². The van der Waals surface area contributed by atoms with Gasteiger partial charge in [-0.2, -0.15) is 0 Å². The fourth-order valence-electron chi connectivity index (χ4n) is 1.69. The maximum atomic E-state index is 11.5. The SMILES string of the molecule is CC(=O)c1sc(C)nc1Cc1ccccc1Br. The number of carbonyl (C=O) groups excluding carboxylic acids is 1. The maximum absolute atomic E-state index is 11.5. The Morgan fingerprint density at radius 2 is 2.12 bits per heavy atom. The van der Waals surface area contributed by atoms with Gasteiger partial charge in [0.15, 0.2) is 5.78 Å². The zero-order valence-corrected chi connectivity index (χ0v) is 12.1. The van der Waals surface area contributed by atoms with Crippen molar-refractivity contribution in [3.8, 4) is 0 Å². The van der Waals surface area contributed by atoms with Crippen LogP contribution in [0.4, 0.5) is 0 Å². The second-order valence-corrected chi connectivity index (χ2v) is 5.89. The molecule has 0 spiro atoms. The molecule has 0 amide bonds. The molecule has 0 atom stereocenters. The number of hydrogen-bond donors (Lipinski definition) is 0. The Kier molecular flexibility index (Phi) is 3.74. The van der Waals surface area contributed by atoms with Crippen molar-refractivity contribution in [2.45, 2.75) is 20.3 Å². The molecule has 0 unspecified atom stereocenters. The Morgan fingerprint density at radius 3 is 2.76 bits per heavy atom. The molecule has 1 heterocycles. The van der Waals surface area contributed by atoms with E-state index in [0.717, 1.165) is 25.6 Å². The van der Waals surface area contributed by atoms with E-state index < -0.39 is 0 Å². The Morgan fingerprint density at radius 1 is 1.41 bits per heavy atom. The first-order chi connectivity index (χ1) is 8.08. The van der Waals surface area contributed by atoms with Crippen LogP contribution in [0.15, 0.2) is 28.7 Å². The monoisotopic (exact) mass is 309 g/mol. The first kappa shape index (κ1) is 12.5. The highest BCUT2D eigenvalue weighted by molar-refractivity contribution is 9.10. The van der Waals surface area contributed by atoms with Crippen LogP contribution in [0.1, 0.15) is 32.9 Å². The minimum Gasteiger partial charge on any atom is -0.294 e. The molecule has 2 nitrogen and oxygen atoms in total. The normalized spacial score (nSPS) is 10.5. The summed E-state index contributed by atoms with van der Waals surface area (Å²) in [5, 5.41) is 0.942. The lowest BCUT2D eigenvalue weighted by atomic mass is 10.1. The van der Waals surface area contributed by atoms with Crippen LogP contribution in [0.3, 0.4) is 0 Å². The van der Waals surface area contributed by atoms with Crippen LogP contribution in [0.5, 0.6) is 0 Å². The topological polar surface area (TPSA) is 30.0 Å². The summed E-state index contributed by atoms with van der Waals surface area (Å²) in [6.45, 7) is 3.52. The average Bonchev–Trinajstić information content (AvgIpc) is 2.63. The Balaban J connectivity index is 2.36. The van der Waals surface area contributed by atoms with Gasteiger partial charge in [0, 0.05) is 17.8 Å². The van der Waals surface area contributed by atoms with Gasteiger partial charge < -0.3 is 0 Å². The molecular formula is C13H12BrNOS. The molecule has 88 valence electrons. The van der Waals surface area contributed by atoms with Crippen LogP contribution in [0.2, 0.25) is 0 Å². The van der Waals surface area contributed by atoms with E-state index in [2.05, 4.69) is 20.9 Å². The van der Waals surface area contributed by atoms with Crippen molar-refractivity contribution in [3.63, 3.8) is 0 Å². The van der Waals surface area contributed by atoms with Crippen molar-refractivity contribution < 1.29 is 4.79 Å². The molecule has 2 rings (SSSR count). The van der Waals surface area contributed by atoms with Crippen LogP contribution in [0, 0.1) is 6.92 Å². The molecular weight excluding hydrogens is 298 g/mol. The van der Waals surface area contributed by atoms with Gasteiger partial charge in [-0.3, -0.25) is 4.79 Å². The molecule has 17 heavy (non-hydrogen) atoms. The van der Waals surface area contributed by atoms with Gasteiger partial charge in [0.25, 0.3) is 0 Å². The quantitative estimate of drug-likeness (QED) is 0.802. The van der Waals surface area contributed by atoms with E-state index in [1.807, 2.05) is 31.2 Å². The van der Waals surface area contributed by atoms with Crippen LogP contribution in [-0.4, -0.2) is 10.8 Å². The minimum absolute atomic E-state index is 0.0950. The third kappa shape index (κ3) is 2.82. The summed E-state index contributed by atoms with van der Waals surface area (Å²) >= 11 is 4.98. The molecule has 0 saturated heterocycles. The van der Waals surface area contributed by atoms with Crippen molar-refractivity contribution in [1.29, 1.82) is 0 Å². The third-order valence-corrected chi connectivity index (χ3v) is 4.33. The number of ketones is 1. The van der Waals surface area contributed by atoms with E-state index in [1.165, 1.54) is 11.3 Å². The van der Waals surface area contributed by atoms with Gasteiger partial charge in [0.05, 0.1) is 15.6 Å². The van der Waals surface area contributed by atoms with Crippen LogP contribution < -0.4 is 0 Å². The Bertz CT molecular complexity index is 562. The van der Waals surface area contributed by atoms with Crippen molar-refractivity contribution in [2.24, 2.45) is 0 Å². The van der Waals surface area contributed by atoms with Crippen LogP contribution >= 0.6 is 27.3 Å². The smallest absolute Gasteiger partial charge is 0.171 e. The molecule has 1 aromatic heterocycles. The van der Waals surface area contributed by atoms with Crippen molar-refractivity contribution >= 4 is 33.0 Å². The predicted octanol–water partition coefficient (Wildman–Crippen LogP) is 4.01. The highest BCUT2D eigenvalue weighted by Gasteiger charge is 2.14. The van der Waals surface area contributed by atoms with Gasteiger partial charge in [0.1, 0.15) is 0 Å². The Hall–Kier alpha value is -1.00. The summed E-state index contributed by atoms with van der Waals surface area (Å²) in [6.07, 6.45) is 0.695. The van der Waals surface area contributed by atoms with Gasteiger partial charge in [-0.15, -0.1) is 11.3 Å². The van der Waals surface area contributed by atoms with Gasteiger partial charge in [0.2, 0.25) is 0 Å². The number of Topliss-reactive ketones (excluding diaryl/α,β-unsaturated/α-hetero) is 1. The van der Waals surface area contributed by atoms with Crippen LogP contribution in [-0.2, 0) is 6.42 Å². The minimum atomic E-state index is 0.0950. The second kappa shape index (κ2) is 5.10. The van der Waals surface area contributed by atoms with E-state index in [0.29, 0.717) is 6.42 Å². The average molecular weight is 310 g/mol. The fraction of sp³-hybridized carbons (Fsp3) is 0.231. The van der Waals surface area contributed by atoms with Crippen molar-refractivity contribution in [3.05, 3.63) is 49.9 Å². The second-order valence-electron chi connectivity index (χ2n) is 3.83. The Labute approximate surface area is 113 Å². The lowest BCUT2D eigenvalue weighted by molar-refractivity contribution is 0.102. The summed E-state index contributed by atoms with van der Waals surface area (Å²) in [6, 6.07) is 8.02. The van der Waals surface area contributed by atoms with Crippen molar-refractivity contribution in [2.75, 3.05) is 0 Å². The molecule has 2 aromatic rings. The number of thiazole rings is 1. The summed E-state index contributed by atoms with van der Waals surface area (Å²) in [5.74, 6) is 0.0950. The van der Waals surface area contributed by atoms with Crippen LogP contribution in [0.25, 0.3) is 0 Å². The van der Waals surface area contributed by atoms with E-state index in [1.54, 1.807) is 6.92 Å². The number of aromatic nitrogens is 1. The van der Waals surface area contributed by atoms with Gasteiger partial charge in [-0.05, 0) is 18.6 Å². The molecule has 0 N–H and O–H groups in total. The summed E-state index contributed by atoms with van der Waals surface area (Å²) in [5.41, 5.74) is 2.03. The maximum Gasteiger partial charge on any atom is 0.171 e. The van der Waals surface area contributed by atoms with E-state index >= 15 is 0 Å².